The monoisotopic (exact) mass is 228 g/mol. The third kappa shape index (κ3) is 36.2. The van der Waals surface area contributed by atoms with E-state index in [1.807, 2.05) is 0 Å². The second-order valence-corrected chi connectivity index (χ2v) is 0.346. The van der Waals surface area contributed by atoms with Crippen molar-refractivity contribution in [3.8, 4) is 0 Å². The number of hydrogen-bond acceptors (Lipinski definition) is 3. The zero-order valence-electron chi connectivity index (χ0n) is 5.13. The summed E-state index contributed by atoms with van der Waals surface area (Å²) < 4.78 is 0. The largest absolute Gasteiger partial charge is 2.00 e. The molecular formula is H5BCeMgO3. The van der Waals surface area contributed by atoms with Crippen LogP contribution >= 0.6 is 0 Å². The van der Waals surface area contributed by atoms with E-state index in [9.17, 15) is 0 Å². The molecule has 3 N–H and O–H groups in total. The van der Waals surface area contributed by atoms with Crippen molar-refractivity contribution < 1.29 is 59.7 Å². The van der Waals surface area contributed by atoms with Crippen LogP contribution in [0.25, 0.3) is 0 Å². The van der Waals surface area contributed by atoms with Crippen LogP contribution in [0, 0.1) is 41.7 Å². The zero-order chi connectivity index (χ0) is 3.58. The van der Waals surface area contributed by atoms with Gasteiger partial charge in [0.1, 0.15) is 0 Å². The van der Waals surface area contributed by atoms with E-state index in [4.69, 9.17) is 15.1 Å². The summed E-state index contributed by atoms with van der Waals surface area (Å²) in [4.78, 5) is 0. The normalized spacial score (nSPS) is 4.50. The first-order valence-corrected chi connectivity index (χ1v) is 0.775. The first-order chi connectivity index (χ1) is 1.73. The van der Waals surface area contributed by atoms with Crippen molar-refractivity contribution in [3.63, 3.8) is 0 Å². The molecule has 0 rings (SSSR count). The Kier molecular flexibility index (Phi) is 26.5. The van der Waals surface area contributed by atoms with Gasteiger partial charge in [0.15, 0.2) is 0 Å². The topological polar surface area (TPSA) is 60.7 Å². The van der Waals surface area contributed by atoms with Crippen LogP contribution in [-0.2, 0) is 0 Å². The minimum absolute atomic E-state index is 0. The third-order valence-electron chi connectivity index (χ3n) is 0. The summed E-state index contributed by atoms with van der Waals surface area (Å²) in [6, 6.07) is 0. The third-order valence-corrected chi connectivity index (χ3v) is 0. The van der Waals surface area contributed by atoms with Crippen LogP contribution in [0.3, 0.4) is 0 Å². The fraction of sp³-hybridized carbons (Fsp3) is 0. The first kappa shape index (κ1) is 15.7. The Labute approximate surface area is 88.8 Å². The number of hydrogen-bond donors (Lipinski definition) is 3. The maximum Gasteiger partial charge on any atom is 2.00 e. The predicted octanol–water partition coefficient (Wildman–Crippen LogP) is -2.21. The second kappa shape index (κ2) is 10.1. The van der Waals surface area contributed by atoms with Crippen molar-refractivity contribution in [2.24, 2.45) is 0 Å². The van der Waals surface area contributed by atoms with E-state index < -0.39 is 7.32 Å². The molecule has 0 aromatic carbocycles. The molecule has 0 fully saturated rings. The van der Waals surface area contributed by atoms with E-state index in [0.717, 1.165) is 0 Å². The standard InChI is InChI=1S/BH3O3.Ce.Mg.2H/c2-1(3)4;;;;/h2-4H;;;;/q;;+2;2*-1. The number of rotatable bonds is 0. The molecule has 0 saturated carbocycles. The van der Waals surface area contributed by atoms with Gasteiger partial charge in [-0.1, -0.05) is 0 Å². The Morgan fingerprint density at radius 3 is 1.17 bits per heavy atom. The van der Waals surface area contributed by atoms with Crippen LogP contribution in [0.2, 0.25) is 0 Å². The SMILES string of the molecule is OB(O)O.[Ce].[H-].[H-].[Mg+2]. The molecule has 0 saturated heterocycles. The summed E-state index contributed by atoms with van der Waals surface area (Å²) in [5.41, 5.74) is 0. The molecule has 3 nitrogen and oxygen atoms in total. The minimum atomic E-state index is -2.17. The van der Waals surface area contributed by atoms with Crippen molar-refractivity contribution in [3.05, 3.63) is 0 Å². The van der Waals surface area contributed by atoms with E-state index in [0.29, 0.717) is 0 Å². The van der Waals surface area contributed by atoms with Crippen molar-refractivity contribution in [1.82, 2.24) is 0 Å². The minimum Gasteiger partial charge on any atom is -1.00 e. The van der Waals surface area contributed by atoms with Crippen LogP contribution in [0.4, 0.5) is 0 Å². The molecule has 0 spiro atoms. The van der Waals surface area contributed by atoms with E-state index >= 15 is 0 Å². The summed E-state index contributed by atoms with van der Waals surface area (Å²) in [6.07, 6.45) is 0. The quantitative estimate of drug-likeness (QED) is 0.412. The average Bonchev–Trinajstić information content (AvgIpc) is 0.811. The van der Waals surface area contributed by atoms with Gasteiger partial charge in [-0.3, -0.25) is 0 Å². The Morgan fingerprint density at radius 1 is 1.17 bits per heavy atom. The Morgan fingerprint density at radius 2 is 1.17 bits per heavy atom. The van der Waals surface area contributed by atoms with Gasteiger partial charge in [-0.15, -0.1) is 0 Å². The van der Waals surface area contributed by atoms with Gasteiger partial charge in [0.2, 0.25) is 0 Å². The van der Waals surface area contributed by atoms with Crippen LogP contribution in [0.5, 0.6) is 0 Å². The fourth-order valence-electron chi connectivity index (χ4n) is 0. The molecule has 0 amide bonds. The molecule has 0 aromatic rings. The fourth-order valence-corrected chi connectivity index (χ4v) is 0. The summed E-state index contributed by atoms with van der Waals surface area (Å²) in [7, 11) is -2.17. The van der Waals surface area contributed by atoms with Crippen LogP contribution in [0.1, 0.15) is 2.85 Å². The summed E-state index contributed by atoms with van der Waals surface area (Å²) in [5.74, 6) is 0. The molecule has 0 aliphatic heterocycles. The molecule has 6 heavy (non-hydrogen) atoms. The zero-order valence-corrected chi connectivity index (χ0v) is 7.68. The smallest absolute Gasteiger partial charge is 1.00 e. The molecule has 0 atom stereocenters. The molecule has 0 unspecified atom stereocenters. The molecule has 0 aliphatic carbocycles. The summed E-state index contributed by atoms with van der Waals surface area (Å²) in [6.45, 7) is 0. The maximum atomic E-state index is 7.17. The van der Waals surface area contributed by atoms with Gasteiger partial charge in [-0.2, -0.15) is 0 Å². The van der Waals surface area contributed by atoms with Gasteiger partial charge in [0.05, 0.1) is 0 Å². The Hall–Kier alpha value is 2.09. The Bertz CT molecular complexity index is 22.0. The van der Waals surface area contributed by atoms with E-state index in [2.05, 4.69) is 0 Å². The van der Waals surface area contributed by atoms with Crippen LogP contribution < -0.4 is 0 Å². The molecule has 0 aromatic heterocycles. The predicted molar refractivity (Wildman–Crippen MR) is 20.4 cm³/mol. The summed E-state index contributed by atoms with van der Waals surface area (Å²) in [5, 5.41) is 21.5. The van der Waals surface area contributed by atoms with Crippen molar-refractivity contribution >= 4 is 30.4 Å². The molecular weight excluding hydrogens is 223 g/mol. The van der Waals surface area contributed by atoms with Crippen LogP contribution in [0.15, 0.2) is 0 Å². The molecule has 0 aliphatic rings. The van der Waals surface area contributed by atoms with Crippen molar-refractivity contribution in [2.45, 2.75) is 0 Å². The van der Waals surface area contributed by atoms with Gasteiger partial charge < -0.3 is 17.9 Å². The van der Waals surface area contributed by atoms with Gasteiger partial charge in [0, 0.05) is 41.7 Å². The molecule has 6 heteroatoms. The first-order valence-electron chi connectivity index (χ1n) is 0.775. The maximum absolute atomic E-state index is 7.17. The van der Waals surface area contributed by atoms with Gasteiger partial charge in [-0.25, -0.2) is 0 Å². The second-order valence-electron chi connectivity index (χ2n) is 0.346. The average molecular weight is 228 g/mol. The van der Waals surface area contributed by atoms with Gasteiger partial charge in [-0.05, 0) is 0 Å². The van der Waals surface area contributed by atoms with Crippen LogP contribution in [-0.4, -0.2) is 45.4 Å². The van der Waals surface area contributed by atoms with Crippen molar-refractivity contribution in [1.29, 1.82) is 0 Å². The Balaban J connectivity index is -0.00000000750. The summed E-state index contributed by atoms with van der Waals surface area (Å²) >= 11 is 0. The van der Waals surface area contributed by atoms with E-state index in [1.54, 1.807) is 0 Å². The molecule has 32 valence electrons. The molecule has 0 heterocycles. The van der Waals surface area contributed by atoms with Gasteiger partial charge in [0.25, 0.3) is 0 Å². The van der Waals surface area contributed by atoms with Gasteiger partial charge >= 0.3 is 30.4 Å². The van der Waals surface area contributed by atoms with Crippen molar-refractivity contribution in [2.75, 3.05) is 0 Å². The molecule has 0 radical (unpaired) electrons. The van der Waals surface area contributed by atoms with E-state index in [-0.39, 0.29) is 67.7 Å². The van der Waals surface area contributed by atoms with E-state index in [1.165, 1.54) is 0 Å². The molecule has 0 bridgehead atoms.